The SMILES string of the molecule is OCCCOc1ccccc1OC(Cl)(Cl)C=C(Cl)Cl. The van der Waals surface area contributed by atoms with E-state index in [2.05, 4.69) is 0 Å². The van der Waals surface area contributed by atoms with E-state index in [9.17, 15) is 0 Å². The van der Waals surface area contributed by atoms with Gasteiger partial charge in [0.2, 0.25) is 0 Å². The number of para-hydroxylation sites is 2. The molecule has 7 heteroatoms. The maximum atomic E-state index is 8.71. The lowest BCUT2D eigenvalue weighted by atomic mass is 10.3. The van der Waals surface area contributed by atoms with Gasteiger partial charge in [0.05, 0.1) is 6.61 Å². The molecule has 19 heavy (non-hydrogen) atoms. The number of rotatable bonds is 7. The maximum Gasteiger partial charge on any atom is 0.280 e. The molecule has 0 fully saturated rings. The predicted molar refractivity (Wildman–Crippen MR) is 78.5 cm³/mol. The Morgan fingerprint density at radius 2 is 1.84 bits per heavy atom. The van der Waals surface area contributed by atoms with Crippen molar-refractivity contribution in [3.8, 4) is 11.5 Å². The topological polar surface area (TPSA) is 38.7 Å². The Morgan fingerprint density at radius 3 is 2.42 bits per heavy atom. The standard InChI is InChI=1S/C12H12Cl4O3/c13-11(14)8-12(15,16)19-10-5-2-1-4-9(10)18-7-3-6-17/h1-2,4-5,8,17H,3,6-7H2. The van der Waals surface area contributed by atoms with Crippen LogP contribution in [0.1, 0.15) is 6.42 Å². The fraction of sp³-hybridized carbons (Fsp3) is 0.333. The van der Waals surface area contributed by atoms with E-state index in [4.69, 9.17) is 61.0 Å². The lowest BCUT2D eigenvalue weighted by Gasteiger charge is -2.20. The molecule has 0 aliphatic heterocycles. The summed E-state index contributed by atoms with van der Waals surface area (Å²) in [7, 11) is 0. The molecular formula is C12H12Cl4O3. The number of aliphatic hydroxyl groups excluding tert-OH is 1. The quantitative estimate of drug-likeness (QED) is 0.592. The highest BCUT2D eigenvalue weighted by Crippen LogP contribution is 2.35. The number of hydrogen-bond donors (Lipinski definition) is 1. The molecule has 0 bridgehead atoms. The van der Waals surface area contributed by atoms with Gasteiger partial charge >= 0.3 is 0 Å². The second-order valence-corrected chi connectivity index (χ2v) is 5.79. The molecule has 1 aromatic carbocycles. The Hall–Kier alpha value is -0.320. The third-order valence-corrected chi connectivity index (χ3v) is 2.52. The van der Waals surface area contributed by atoms with E-state index in [0.29, 0.717) is 24.5 Å². The summed E-state index contributed by atoms with van der Waals surface area (Å²) in [6.07, 6.45) is 1.65. The molecule has 106 valence electrons. The lowest BCUT2D eigenvalue weighted by molar-refractivity contribution is 0.219. The minimum atomic E-state index is -1.70. The molecule has 1 rings (SSSR count). The Balaban J connectivity index is 2.80. The van der Waals surface area contributed by atoms with Crippen molar-refractivity contribution in [3.05, 3.63) is 34.8 Å². The van der Waals surface area contributed by atoms with Crippen LogP contribution in [-0.4, -0.2) is 22.8 Å². The van der Waals surface area contributed by atoms with Crippen LogP contribution in [0.25, 0.3) is 0 Å². The average molecular weight is 346 g/mol. The van der Waals surface area contributed by atoms with Gasteiger partial charge in [-0.3, -0.25) is 0 Å². The van der Waals surface area contributed by atoms with Crippen LogP contribution in [0, 0.1) is 0 Å². The van der Waals surface area contributed by atoms with Crippen molar-refractivity contribution in [3.63, 3.8) is 0 Å². The number of alkyl halides is 2. The van der Waals surface area contributed by atoms with Crippen LogP contribution in [0.2, 0.25) is 0 Å². The van der Waals surface area contributed by atoms with Crippen molar-refractivity contribution in [1.29, 1.82) is 0 Å². The summed E-state index contributed by atoms with van der Waals surface area (Å²) in [6, 6.07) is 6.85. The molecule has 0 saturated heterocycles. The lowest BCUT2D eigenvalue weighted by Crippen LogP contribution is -2.19. The van der Waals surface area contributed by atoms with Crippen LogP contribution >= 0.6 is 46.4 Å². The molecule has 0 aliphatic carbocycles. The summed E-state index contributed by atoms with van der Waals surface area (Å²) >= 11 is 22.8. The molecule has 0 heterocycles. The van der Waals surface area contributed by atoms with E-state index < -0.39 is 4.52 Å². The van der Waals surface area contributed by atoms with Gasteiger partial charge in [0, 0.05) is 19.1 Å². The van der Waals surface area contributed by atoms with Crippen molar-refractivity contribution >= 4 is 46.4 Å². The number of ether oxygens (including phenoxy) is 2. The summed E-state index contributed by atoms with van der Waals surface area (Å²) in [5.41, 5.74) is 0. The van der Waals surface area contributed by atoms with Gasteiger partial charge in [0.25, 0.3) is 4.52 Å². The van der Waals surface area contributed by atoms with Gasteiger partial charge in [-0.05, 0) is 12.1 Å². The van der Waals surface area contributed by atoms with Crippen LogP contribution in [-0.2, 0) is 0 Å². The zero-order valence-corrected chi connectivity index (χ0v) is 12.8. The van der Waals surface area contributed by atoms with Crippen LogP contribution in [0.15, 0.2) is 34.8 Å². The number of benzene rings is 1. The molecule has 0 aliphatic rings. The number of halogens is 4. The van der Waals surface area contributed by atoms with Gasteiger partial charge in [0.15, 0.2) is 11.5 Å². The predicted octanol–water partition coefficient (Wildman–Crippen LogP) is 4.28. The van der Waals surface area contributed by atoms with Crippen molar-refractivity contribution in [2.45, 2.75) is 10.9 Å². The summed E-state index contributed by atoms with van der Waals surface area (Å²) < 4.78 is 9.01. The highest BCUT2D eigenvalue weighted by atomic mass is 35.5. The molecule has 0 saturated carbocycles. The third kappa shape index (κ3) is 6.59. The first-order valence-corrected chi connectivity index (χ1v) is 6.89. The van der Waals surface area contributed by atoms with E-state index >= 15 is 0 Å². The van der Waals surface area contributed by atoms with Gasteiger partial charge in [0.1, 0.15) is 4.49 Å². The van der Waals surface area contributed by atoms with Crippen molar-refractivity contribution in [1.82, 2.24) is 0 Å². The Bertz CT molecular complexity index is 431. The normalized spacial score (nSPS) is 11.0. The maximum absolute atomic E-state index is 8.71. The number of aliphatic hydroxyl groups is 1. The second-order valence-electron chi connectivity index (χ2n) is 3.47. The Labute approximate surface area is 131 Å². The molecule has 1 aromatic rings. The van der Waals surface area contributed by atoms with E-state index in [-0.39, 0.29) is 11.1 Å². The van der Waals surface area contributed by atoms with E-state index in [1.54, 1.807) is 24.3 Å². The minimum Gasteiger partial charge on any atom is -0.490 e. The third-order valence-electron chi connectivity index (χ3n) is 1.93. The largest absolute Gasteiger partial charge is 0.490 e. The van der Waals surface area contributed by atoms with Crippen molar-refractivity contribution in [2.24, 2.45) is 0 Å². The van der Waals surface area contributed by atoms with Crippen LogP contribution in [0.3, 0.4) is 0 Å². The van der Waals surface area contributed by atoms with Gasteiger partial charge in [-0.2, -0.15) is 0 Å². The molecule has 3 nitrogen and oxygen atoms in total. The molecule has 0 amide bonds. The molecule has 0 atom stereocenters. The molecular weight excluding hydrogens is 334 g/mol. The van der Waals surface area contributed by atoms with Gasteiger partial charge < -0.3 is 14.6 Å². The fourth-order valence-electron chi connectivity index (χ4n) is 1.20. The molecule has 0 spiro atoms. The van der Waals surface area contributed by atoms with Crippen molar-refractivity contribution < 1.29 is 14.6 Å². The van der Waals surface area contributed by atoms with Crippen LogP contribution < -0.4 is 9.47 Å². The zero-order valence-electron chi connectivity index (χ0n) is 9.78. The molecule has 0 radical (unpaired) electrons. The Morgan fingerprint density at radius 1 is 1.21 bits per heavy atom. The van der Waals surface area contributed by atoms with E-state index in [1.165, 1.54) is 0 Å². The smallest absolute Gasteiger partial charge is 0.280 e. The monoisotopic (exact) mass is 344 g/mol. The summed E-state index contributed by atoms with van der Waals surface area (Å²) in [5, 5.41) is 8.71. The van der Waals surface area contributed by atoms with Crippen molar-refractivity contribution in [2.75, 3.05) is 13.2 Å². The zero-order chi connectivity index (χ0) is 14.3. The average Bonchev–Trinajstić information content (AvgIpc) is 2.29. The Kier molecular flexibility index (Phi) is 7.11. The highest BCUT2D eigenvalue weighted by Gasteiger charge is 2.25. The molecule has 0 aromatic heterocycles. The van der Waals surface area contributed by atoms with Gasteiger partial charge in [-0.25, -0.2) is 0 Å². The van der Waals surface area contributed by atoms with E-state index in [1.807, 2.05) is 0 Å². The van der Waals surface area contributed by atoms with Crippen LogP contribution in [0.4, 0.5) is 0 Å². The fourth-order valence-corrected chi connectivity index (χ4v) is 2.12. The second kappa shape index (κ2) is 8.08. The van der Waals surface area contributed by atoms with E-state index in [0.717, 1.165) is 6.08 Å². The van der Waals surface area contributed by atoms with Crippen LogP contribution in [0.5, 0.6) is 11.5 Å². The first kappa shape index (κ1) is 16.7. The molecule has 1 N–H and O–H groups in total. The molecule has 0 unspecified atom stereocenters. The summed E-state index contributed by atoms with van der Waals surface area (Å²) in [4.78, 5) is 0. The highest BCUT2D eigenvalue weighted by molar-refractivity contribution is 6.57. The summed E-state index contributed by atoms with van der Waals surface area (Å²) in [5.74, 6) is 0.803. The van der Waals surface area contributed by atoms with Gasteiger partial charge in [-0.1, -0.05) is 58.5 Å². The van der Waals surface area contributed by atoms with Gasteiger partial charge in [-0.15, -0.1) is 0 Å². The number of hydrogen-bond acceptors (Lipinski definition) is 3. The first-order chi connectivity index (χ1) is 8.94. The minimum absolute atomic E-state index is 0.0442. The summed E-state index contributed by atoms with van der Waals surface area (Å²) in [6.45, 7) is 0.392. The first-order valence-electron chi connectivity index (χ1n) is 5.38.